The van der Waals surface area contributed by atoms with Crippen molar-refractivity contribution in [1.29, 1.82) is 0 Å². The highest BCUT2D eigenvalue weighted by Gasteiger charge is 2.00. The molecule has 0 fully saturated rings. The van der Waals surface area contributed by atoms with Gasteiger partial charge in [0.2, 0.25) is 0 Å². The molecule has 2 aromatic rings. The maximum Gasteiger partial charge on any atom is 0.0475 e. The molecule has 1 aromatic carbocycles. The van der Waals surface area contributed by atoms with Gasteiger partial charge in [0, 0.05) is 28.7 Å². The monoisotopic (exact) mass is 220 g/mol. The van der Waals surface area contributed by atoms with Crippen molar-refractivity contribution in [1.82, 2.24) is 10.3 Å². The van der Waals surface area contributed by atoms with E-state index in [0.29, 0.717) is 0 Å². The first-order chi connectivity index (χ1) is 7.31. The Bertz CT molecular complexity index is 485. The molecule has 0 amide bonds. The van der Waals surface area contributed by atoms with Gasteiger partial charge in [0.1, 0.15) is 0 Å². The van der Waals surface area contributed by atoms with Crippen molar-refractivity contribution in [3.63, 3.8) is 0 Å². The predicted octanol–water partition coefficient (Wildman–Crippen LogP) is 3.05. The van der Waals surface area contributed by atoms with E-state index in [0.717, 1.165) is 17.1 Å². The van der Waals surface area contributed by atoms with Crippen LogP contribution < -0.4 is 5.32 Å². The van der Waals surface area contributed by atoms with Crippen molar-refractivity contribution >= 4 is 28.6 Å². The van der Waals surface area contributed by atoms with Crippen LogP contribution in [0.1, 0.15) is 5.56 Å². The first-order valence-electron chi connectivity index (χ1n) is 4.89. The molecular formula is C12H13ClN2. The van der Waals surface area contributed by atoms with Gasteiger partial charge in [-0.15, -0.1) is 0 Å². The molecule has 0 saturated carbocycles. The van der Waals surface area contributed by atoms with Gasteiger partial charge in [-0.2, -0.15) is 0 Å². The van der Waals surface area contributed by atoms with E-state index in [1.165, 1.54) is 10.9 Å². The molecule has 2 N–H and O–H groups in total. The first-order valence-corrected chi connectivity index (χ1v) is 5.27. The summed E-state index contributed by atoms with van der Waals surface area (Å²) in [7, 11) is 1.93. The Kier molecular flexibility index (Phi) is 3.09. The molecule has 2 nitrogen and oxygen atoms in total. The van der Waals surface area contributed by atoms with E-state index in [4.69, 9.17) is 11.6 Å². The normalized spacial score (nSPS) is 11.6. The van der Waals surface area contributed by atoms with Crippen LogP contribution in [0.2, 0.25) is 5.02 Å². The fourth-order valence-electron chi connectivity index (χ4n) is 1.56. The summed E-state index contributed by atoms with van der Waals surface area (Å²) in [5.74, 6) is 0. The third kappa shape index (κ3) is 2.22. The van der Waals surface area contributed by atoms with Crippen molar-refractivity contribution in [3.8, 4) is 0 Å². The van der Waals surface area contributed by atoms with Crippen molar-refractivity contribution in [3.05, 3.63) is 41.1 Å². The number of halogens is 1. The van der Waals surface area contributed by atoms with E-state index < -0.39 is 0 Å². The summed E-state index contributed by atoms with van der Waals surface area (Å²) in [6.45, 7) is 0.875. The average molecular weight is 221 g/mol. The summed E-state index contributed by atoms with van der Waals surface area (Å²) in [6, 6.07) is 5.88. The van der Waals surface area contributed by atoms with Gasteiger partial charge >= 0.3 is 0 Å². The Labute approximate surface area is 93.9 Å². The zero-order valence-electron chi connectivity index (χ0n) is 8.55. The lowest BCUT2D eigenvalue weighted by Crippen LogP contribution is -2.03. The summed E-state index contributed by atoms with van der Waals surface area (Å²) in [6.07, 6.45) is 6.19. The zero-order valence-corrected chi connectivity index (χ0v) is 9.31. The fraction of sp³-hybridized carbons (Fsp3) is 0.167. The molecule has 15 heavy (non-hydrogen) atoms. The number of benzene rings is 1. The summed E-state index contributed by atoms with van der Waals surface area (Å²) in [5.41, 5.74) is 2.27. The summed E-state index contributed by atoms with van der Waals surface area (Å²) < 4.78 is 0. The molecule has 1 aromatic heterocycles. The molecule has 2 rings (SSSR count). The molecule has 78 valence electrons. The highest BCUT2D eigenvalue weighted by molar-refractivity contribution is 6.31. The number of hydrogen-bond donors (Lipinski definition) is 2. The lowest BCUT2D eigenvalue weighted by Gasteiger charge is -1.93. The van der Waals surface area contributed by atoms with Crippen LogP contribution in [0, 0.1) is 0 Å². The lowest BCUT2D eigenvalue weighted by atomic mass is 10.1. The Hall–Kier alpha value is -1.25. The number of rotatable bonds is 3. The van der Waals surface area contributed by atoms with Gasteiger partial charge in [-0.3, -0.25) is 0 Å². The molecule has 0 aliphatic heterocycles. The summed E-state index contributed by atoms with van der Waals surface area (Å²) >= 11 is 5.91. The van der Waals surface area contributed by atoms with Crippen LogP contribution in [0.3, 0.4) is 0 Å². The topological polar surface area (TPSA) is 27.8 Å². The highest BCUT2D eigenvalue weighted by Crippen LogP contribution is 2.22. The predicted molar refractivity (Wildman–Crippen MR) is 66.3 cm³/mol. The van der Waals surface area contributed by atoms with Crippen LogP contribution in [0.25, 0.3) is 17.0 Å². The largest absolute Gasteiger partial charge is 0.361 e. The number of aromatic nitrogens is 1. The number of aromatic amines is 1. The molecule has 0 unspecified atom stereocenters. The smallest absolute Gasteiger partial charge is 0.0475 e. The Morgan fingerprint density at radius 1 is 1.47 bits per heavy atom. The minimum absolute atomic E-state index is 0.759. The summed E-state index contributed by atoms with van der Waals surface area (Å²) in [4.78, 5) is 3.20. The Morgan fingerprint density at radius 3 is 3.13 bits per heavy atom. The lowest BCUT2D eigenvalue weighted by molar-refractivity contribution is 0.922. The number of nitrogens with one attached hydrogen (secondary N) is 2. The minimum atomic E-state index is 0.759. The molecule has 0 atom stereocenters. The maximum atomic E-state index is 5.91. The number of hydrogen-bond acceptors (Lipinski definition) is 1. The highest BCUT2D eigenvalue weighted by atomic mass is 35.5. The van der Waals surface area contributed by atoms with E-state index in [-0.39, 0.29) is 0 Å². The van der Waals surface area contributed by atoms with Crippen molar-refractivity contribution in [2.24, 2.45) is 0 Å². The van der Waals surface area contributed by atoms with Crippen molar-refractivity contribution in [2.45, 2.75) is 0 Å². The molecule has 0 bridgehead atoms. The van der Waals surface area contributed by atoms with E-state index in [1.807, 2.05) is 31.4 Å². The van der Waals surface area contributed by atoms with E-state index in [1.54, 1.807) is 0 Å². The standard InChI is InChI=1S/C12H13ClN2/c1-14-6-2-3-9-8-15-12-7-10(13)4-5-11(9)12/h2-5,7-8,14-15H,6H2,1H3. The Morgan fingerprint density at radius 2 is 2.33 bits per heavy atom. The van der Waals surface area contributed by atoms with E-state index in [2.05, 4.69) is 22.5 Å². The van der Waals surface area contributed by atoms with E-state index in [9.17, 15) is 0 Å². The number of likely N-dealkylation sites (N-methyl/N-ethyl adjacent to an activating group) is 1. The van der Waals surface area contributed by atoms with Crippen LogP contribution >= 0.6 is 11.6 Å². The Balaban J connectivity index is 2.36. The molecular weight excluding hydrogens is 208 g/mol. The van der Waals surface area contributed by atoms with Crippen LogP contribution in [-0.2, 0) is 0 Å². The second-order valence-corrected chi connectivity index (χ2v) is 3.83. The fourth-order valence-corrected chi connectivity index (χ4v) is 1.73. The zero-order chi connectivity index (χ0) is 10.7. The second-order valence-electron chi connectivity index (χ2n) is 3.39. The summed E-state index contributed by atoms with van der Waals surface area (Å²) in [5, 5.41) is 5.03. The van der Waals surface area contributed by atoms with Crippen LogP contribution in [0.4, 0.5) is 0 Å². The number of H-pyrrole nitrogens is 1. The molecule has 3 heteroatoms. The van der Waals surface area contributed by atoms with Gasteiger partial charge in [-0.05, 0) is 24.7 Å². The molecule has 0 radical (unpaired) electrons. The van der Waals surface area contributed by atoms with Gasteiger partial charge in [0.05, 0.1) is 0 Å². The second kappa shape index (κ2) is 4.51. The van der Waals surface area contributed by atoms with Gasteiger partial charge in [-0.25, -0.2) is 0 Å². The molecule has 0 aliphatic rings. The van der Waals surface area contributed by atoms with Crippen LogP contribution in [0.5, 0.6) is 0 Å². The maximum absolute atomic E-state index is 5.91. The van der Waals surface area contributed by atoms with Crippen LogP contribution in [-0.4, -0.2) is 18.6 Å². The van der Waals surface area contributed by atoms with Gasteiger partial charge in [-0.1, -0.05) is 29.8 Å². The molecule has 0 aliphatic carbocycles. The molecule has 1 heterocycles. The third-order valence-corrected chi connectivity index (χ3v) is 2.53. The average Bonchev–Trinajstić information content (AvgIpc) is 2.61. The number of fused-ring (bicyclic) bond motifs is 1. The first kappa shape index (κ1) is 10.3. The van der Waals surface area contributed by atoms with Crippen LogP contribution in [0.15, 0.2) is 30.5 Å². The van der Waals surface area contributed by atoms with Crippen molar-refractivity contribution in [2.75, 3.05) is 13.6 Å². The quantitative estimate of drug-likeness (QED) is 0.818. The molecule has 0 saturated heterocycles. The minimum Gasteiger partial charge on any atom is -0.361 e. The van der Waals surface area contributed by atoms with Gasteiger partial charge < -0.3 is 10.3 Å². The van der Waals surface area contributed by atoms with Gasteiger partial charge in [0.25, 0.3) is 0 Å². The molecule has 0 spiro atoms. The van der Waals surface area contributed by atoms with E-state index >= 15 is 0 Å². The SMILES string of the molecule is CNCC=Cc1c[nH]c2cc(Cl)ccc12. The third-order valence-electron chi connectivity index (χ3n) is 2.30. The van der Waals surface area contributed by atoms with Crippen molar-refractivity contribution < 1.29 is 0 Å². The van der Waals surface area contributed by atoms with Gasteiger partial charge in [0.15, 0.2) is 0 Å².